The van der Waals surface area contributed by atoms with Gasteiger partial charge in [0.05, 0.1) is 6.07 Å². The van der Waals surface area contributed by atoms with Crippen molar-refractivity contribution >= 4 is 5.91 Å². The molecule has 0 N–H and O–H groups in total. The molecule has 0 aromatic rings. The molecule has 0 aliphatic carbocycles. The summed E-state index contributed by atoms with van der Waals surface area (Å²) in [5, 5.41) is 8.79. The second-order valence-corrected chi connectivity index (χ2v) is 4.65. The van der Waals surface area contributed by atoms with Crippen molar-refractivity contribution in [3.8, 4) is 6.07 Å². The van der Waals surface area contributed by atoms with E-state index in [0.717, 1.165) is 13.0 Å². The van der Waals surface area contributed by atoms with E-state index in [1.54, 1.807) is 25.8 Å². The maximum atomic E-state index is 11.7. The Hall–Kier alpha value is -1.04. The number of hydrogen-bond donors (Lipinski definition) is 0. The van der Waals surface area contributed by atoms with Crippen LogP contribution in [0.25, 0.3) is 0 Å². The SMILES string of the molecule is CC(C)CCN(C)C(=O)C(C)(C)C#N. The lowest BCUT2D eigenvalue weighted by molar-refractivity contribution is -0.136. The fourth-order valence-electron chi connectivity index (χ4n) is 1.08. The van der Waals surface area contributed by atoms with Crippen LogP contribution in [0.3, 0.4) is 0 Å². The molecule has 0 radical (unpaired) electrons. The summed E-state index contributed by atoms with van der Waals surface area (Å²) in [6.07, 6.45) is 0.976. The number of carbonyl (C=O) groups is 1. The monoisotopic (exact) mass is 196 g/mol. The van der Waals surface area contributed by atoms with Crippen molar-refractivity contribution in [2.45, 2.75) is 34.1 Å². The van der Waals surface area contributed by atoms with E-state index < -0.39 is 5.41 Å². The van der Waals surface area contributed by atoms with Gasteiger partial charge in [-0.05, 0) is 26.2 Å². The van der Waals surface area contributed by atoms with Gasteiger partial charge in [-0.2, -0.15) is 5.26 Å². The van der Waals surface area contributed by atoms with Gasteiger partial charge < -0.3 is 4.90 Å². The standard InChI is InChI=1S/C11H20N2O/c1-9(2)6-7-13(5)10(14)11(3,4)8-12/h9H,6-7H2,1-5H3. The highest BCUT2D eigenvalue weighted by atomic mass is 16.2. The maximum absolute atomic E-state index is 11.7. The highest BCUT2D eigenvalue weighted by Gasteiger charge is 2.29. The summed E-state index contributed by atoms with van der Waals surface area (Å²) >= 11 is 0. The van der Waals surface area contributed by atoms with Crippen LogP contribution in [0.15, 0.2) is 0 Å². The van der Waals surface area contributed by atoms with Crippen LogP contribution in [-0.2, 0) is 4.79 Å². The van der Waals surface area contributed by atoms with Crippen LogP contribution in [0.1, 0.15) is 34.1 Å². The molecule has 0 saturated carbocycles. The Morgan fingerprint density at radius 2 is 2.00 bits per heavy atom. The molecule has 0 aromatic carbocycles. The predicted molar refractivity (Wildman–Crippen MR) is 56.5 cm³/mol. The van der Waals surface area contributed by atoms with Gasteiger partial charge in [-0.3, -0.25) is 4.79 Å². The third-order valence-electron chi connectivity index (χ3n) is 2.20. The van der Waals surface area contributed by atoms with Crippen molar-refractivity contribution in [3.05, 3.63) is 0 Å². The van der Waals surface area contributed by atoms with Crippen LogP contribution in [0.4, 0.5) is 0 Å². The van der Waals surface area contributed by atoms with Crippen molar-refractivity contribution < 1.29 is 4.79 Å². The normalized spacial score (nSPS) is 11.2. The van der Waals surface area contributed by atoms with Crippen LogP contribution in [0.2, 0.25) is 0 Å². The molecule has 0 aliphatic rings. The summed E-state index contributed by atoms with van der Waals surface area (Å²) in [6, 6.07) is 2.02. The number of carbonyl (C=O) groups excluding carboxylic acids is 1. The number of amides is 1. The fraction of sp³-hybridized carbons (Fsp3) is 0.818. The zero-order chi connectivity index (χ0) is 11.4. The maximum Gasteiger partial charge on any atom is 0.242 e. The van der Waals surface area contributed by atoms with Crippen molar-refractivity contribution in [2.24, 2.45) is 11.3 Å². The molecule has 0 rings (SSSR count). The number of nitrogens with zero attached hydrogens (tertiary/aromatic N) is 2. The molecular formula is C11H20N2O. The quantitative estimate of drug-likeness (QED) is 0.690. The third-order valence-corrected chi connectivity index (χ3v) is 2.20. The van der Waals surface area contributed by atoms with Crippen LogP contribution in [-0.4, -0.2) is 24.4 Å². The van der Waals surface area contributed by atoms with Crippen LogP contribution in [0.5, 0.6) is 0 Å². The van der Waals surface area contributed by atoms with E-state index in [1.807, 2.05) is 6.07 Å². The zero-order valence-corrected chi connectivity index (χ0v) is 9.79. The molecule has 1 amide bonds. The van der Waals surface area contributed by atoms with Crippen LogP contribution < -0.4 is 0 Å². The Bertz CT molecular complexity index is 238. The fourth-order valence-corrected chi connectivity index (χ4v) is 1.08. The molecule has 3 heteroatoms. The van der Waals surface area contributed by atoms with Gasteiger partial charge in [-0.25, -0.2) is 0 Å². The van der Waals surface area contributed by atoms with Crippen molar-refractivity contribution in [3.63, 3.8) is 0 Å². The van der Waals surface area contributed by atoms with E-state index in [-0.39, 0.29) is 5.91 Å². The number of rotatable bonds is 4. The van der Waals surface area contributed by atoms with Gasteiger partial charge in [0.2, 0.25) is 5.91 Å². The third kappa shape index (κ3) is 3.78. The molecule has 0 aromatic heterocycles. The summed E-state index contributed by atoms with van der Waals surface area (Å²) in [5.74, 6) is 0.482. The lowest BCUT2D eigenvalue weighted by Gasteiger charge is -2.24. The first-order chi connectivity index (χ1) is 6.31. The average molecular weight is 196 g/mol. The lowest BCUT2D eigenvalue weighted by Crippen LogP contribution is -2.38. The first-order valence-corrected chi connectivity index (χ1v) is 4.98. The average Bonchev–Trinajstić information content (AvgIpc) is 2.12. The van der Waals surface area contributed by atoms with Gasteiger partial charge in [0.1, 0.15) is 5.41 Å². The molecule has 0 fully saturated rings. The highest BCUT2D eigenvalue weighted by molar-refractivity contribution is 5.84. The van der Waals surface area contributed by atoms with Crippen molar-refractivity contribution in [1.82, 2.24) is 4.90 Å². The molecule has 0 unspecified atom stereocenters. The number of hydrogen-bond acceptors (Lipinski definition) is 2. The first-order valence-electron chi connectivity index (χ1n) is 4.98. The largest absolute Gasteiger partial charge is 0.344 e. The highest BCUT2D eigenvalue weighted by Crippen LogP contribution is 2.17. The van der Waals surface area contributed by atoms with Gasteiger partial charge >= 0.3 is 0 Å². The molecule has 80 valence electrons. The Morgan fingerprint density at radius 3 is 2.36 bits per heavy atom. The van der Waals surface area contributed by atoms with Crippen LogP contribution in [0, 0.1) is 22.7 Å². The molecular weight excluding hydrogens is 176 g/mol. The van der Waals surface area contributed by atoms with E-state index in [1.165, 1.54) is 0 Å². The topological polar surface area (TPSA) is 44.1 Å². The molecule has 0 saturated heterocycles. The molecule has 14 heavy (non-hydrogen) atoms. The minimum absolute atomic E-state index is 0.0966. The van der Waals surface area contributed by atoms with Gasteiger partial charge in [0.25, 0.3) is 0 Å². The van der Waals surface area contributed by atoms with E-state index in [4.69, 9.17) is 5.26 Å². The van der Waals surface area contributed by atoms with Gasteiger partial charge in [0.15, 0.2) is 0 Å². The van der Waals surface area contributed by atoms with Gasteiger partial charge in [-0.1, -0.05) is 13.8 Å². The minimum atomic E-state index is -0.897. The summed E-state index contributed by atoms with van der Waals surface area (Å²) in [7, 11) is 1.75. The lowest BCUT2D eigenvalue weighted by atomic mass is 9.94. The van der Waals surface area contributed by atoms with Crippen molar-refractivity contribution in [1.29, 1.82) is 5.26 Å². The Balaban J connectivity index is 4.21. The Morgan fingerprint density at radius 1 is 1.50 bits per heavy atom. The Labute approximate surface area is 86.7 Å². The summed E-state index contributed by atoms with van der Waals surface area (Å²) in [4.78, 5) is 13.4. The second-order valence-electron chi connectivity index (χ2n) is 4.65. The zero-order valence-electron chi connectivity index (χ0n) is 9.79. The summed E-state index contributed by atoms with van der Waals surface area (Å²) in [6.45, 7) is 8.27. The van der Waals surface area contributed by atoms with Crippen molar-refractivity contribution in [2.75, 3.05) is 13.6 Å². The summed E-state index contributed by atoms with van der Waals surface area (Å²) in [5.41, 5.74) is -0.897. The second kappa shape index (κ2) is 4.99. The van der Waals surface area contributed by atoms with Gasteiger partial charge in [-0.15, -0.1) is 0 Å². The van der Waals surface area contributed by atoms with E-state index in [2.05, 4.69) is 13.8 Å². The van der Waals surface area contributed by atoms with E-state index in [0.29, 0.717) is 5.92 Å². The summed E-state index contributed by atoms with van der Waals surface area (Å²) < 4.78 is 0. The first kappa shape index (κ1) is 13.0. The smallest absolute Gasteiger partial charge is 0.242 e. The van der Waals surface area contributed by atoms with Crippen LogP contribution >= 0.6 is 0 Å². The molecule has 0 heterocycles. The molecule has 0 spiro atoms. The Kier molecular flexibility index (Phi) is 4.62. The van der Waals surface area contributed by atoms with Gasteiger partial charge in [0, 0.05) is 13.6 Å². The minimum Gasteiger partial charge on any atom is -0.344 e. The molecule has 3 nitrogen and oxygen atoms in total. The number of nitriles is 1. The van der Waals surface area contributed by atoms with E-state index >= 15 is 0 Å². The molecule has 0 aliphatic heterocycles. The molecule has 0 bridgehead atoms. The van der Waals surface area contributed by atoms with E-state index in [9.17, 15) is 4.79 Å². The molecule has 0 atom stereocenters. The predicted octanol–water partition coefficient (Wildman–Crippen LogP) is 2.04.